The molecule has 0 bridgehead atoms. The van der Waals surface area contributed by atoms with Gasteiger partial charge in [-0.15, -0.1) is 0 Å². The molecule has 0 spiro atoms. The highest BCUT2D eigenvalue weighted by Crippen LogP contribution is 2.18. The zero-order valence-corrected chi connectivity index (χ0v) is 12.1. The van der Waals surface area contributed by atoms with Crippen LogP contribution in [0.25, 0.3) is 0 Å². The predicted molar refractivity (Wildman–Crippen MR) is 77.3 cm³/mol. The van der Waals surface area contributed by atoms with Gasteiger partial charge >= 0.3 is 0 Å². The van der Waals surface area contributed by atoms with Crippen LogP contribution in [0.1, 0.15) is 19.8 Å². The third-order valence-corrected chi connectivity index (χ3v) is 4.01. The maximum absolute atomic E-state index is 5.97. The summed E-state index contributed by atoms with van der Waals surface area (Å²) in [7, 11) is 0. The molecule has 19 heavy (non-hydrogen) atoms. The summed E-state index contributed by atoms with van der Waals surface area (Å²) in [6, 6.07) is 0.977. The second kappa shape index (κ2) is 6.50. The first-order valence-electron chi connectivity index (χ1n) is 6.73. The van der Waals surface area contributed by atoms with Crippen LogP contribution in [0.4, 0.5) is 0 Å². The lowest BCUT2D eigenvalue weighted by Crippen LogP contribution is -2.56. The number of ether oxygens (including phenoxy) is 1. The van der Waals surface area contributed by atoms with Crippen LogP contribution in [0.2, 0.25) is 0 Å². The monoisotopic (exact) mass is 286 g/mol. The quantitative estimate of drug-likeness (QED) is 0.523. The molecule has 2 aliphatic rings. The molecule has 0 unspecified atom stereocenters. The van der Waals surface area contributed by atoms with E-state index in [-0.39, 0.29) is 5.16 Å². The standard InChI is InChI=1S/C13H23ClN4O/c1-9(13(14)16)5-12(15)17-10-3-2-4-18(6-10)11-7-19-8-11/h5,10-11,17H,2-4,6-8,15-16H2,1H3/b12-5+,13-9-/t10-/m1/s1. The first-order valence-corrected chi connectivity index (χ1v) is 7.11. The number of piperidine rings is 1. The minimum Gasteiger partial charge on any atom is -0.389 e. The van der Waals surface area contributed by atoms with Crippen LogP contribution in [0.5, 0.6) is 0 Å². The molecule has 2 fully saturated rings. The molecule has 0 aromatic carbocycles. The van der Waals surface area contributed by atoms with Gasteiger partial charge < -0.3 is 21.5 Å². The van der Waals surface area contributed by atoms with Crippen LogP contribution in [0.3, 0.4) is 0 Å². The summed E-state index contributed by atoms with van der Waals surface area (Å²) in [5.41, 5.74) is 12.3. The molecule has 5 N–H and O–H groups in total. The van der Waals surface area contributed by atoms with Crippen molar-refractivity contribution in [2.75, 3.05) is 26.3 Å². The Morgan fingerprint density at radius 1 is 1.42 bits per heavy atom. The Kier molecular flexibility index (Phi) is 4.96. The number of allylic oxidation sites excluding steroid dienone is 2. The maximum atomic E-state index is 5.97. The molecule has 0 radical (unpaired) electrons. The number of hydrogen-bond donors (Lipinski definition) is 3. The second-order valence-corrected chi connectivity index (χ2v) is 5.71. The molecule has 0 aromatic heterocycles. The fourth-order valence-electron chi connectivity index (χ4n) is 2.47. The number of nitrogens with zero attached hydrogens (tertiary/aromatic N) is 1. The molecule has 0 amide bonds. The summed E-state index contributed by atoms with van der Waals surface area (Å²) >= 11 is 5.71. The summed E-state index contributed by atoms with van der Waals surface area (Å²) in [5.74, 6) is 0.623. The smallest absolute Gasteiger partial charge is 0.102 e. The SMILES string of the molecule is CC(/C=C(\N)N[C@@H]1CCCN(C2COC2)C1)=C(/N)Cl. The van der Waals surface area contributed by atoms with E-state index in [2.05, 4.69) is 10.2 Å². The van der Waals surface area contributed by atoms with Gasteiger partial charge in [-0.1, -0.05) is 11.6 Å². The molecule has 0 aliphatic carbocycles. The van der Waals surface area contributed by atoms with Gasteiger partial charge in [0.1, 0.15) is 5.16 Å². The third-order valence-electron chi connectivity index (χ3n) is 3.71. The van der Waals surface area contributed by atoms with Crippen LogP contribution < -0.4 is 16.8 Å². The molecule has 2 saturated heterocycles. The van der Waals surface area contributed by atoms with Crippen LogP contribution in [0, 0.1) is 0 Å². The number of halogens is 1. The van der Waals surface area contributed by atoms with Crippen molar-refractivity contribution in [2.45, 2.75) is 31.8 Å². The fraction of sp³-hybridized carbons (Fsp3) is 0.692. The number of nitrogens with one attached hydrogen (secondary N) is 1. The van der Waals surface area contributed by atoms with E-state index in [9.17, 15) is 0 Å². The van der Waals surface area contributed by atoms with E-state index in [0.717, 1.165) is 38.3 Å². The zero-order chi connectivity index (χ0) is 13.8. The zero-order valence-electron chi connectivity index (χ0n) is 11.4. The van der Waals surface area contributed by atoms with Crippen molar-refractivity contribution in [3.05, 3.63) is 22.6 Å². The lowest BCUT2D eigenvalue weighted by molar-refractivity contribution is -0.0728. The largest absolute Gasteiger partial charge is 0.389 e. The van der Waals surface area contributed by atoms with Gasteiger partial charge in [-0.3, -0.25) is 4.90 Å². The van der Waals surface area contributed by atoms with Crippen molar-refractivity contribution >= 4 is 11.6 Å². The number of hydrogen-bond acceptors (Lipinski definition) is 5. The van der Waals surface area contributed by atoms with E-state index in [0.29, 0.717) is 17.9 Å². The summed E-state index contributed by atoms with van der Waals surface area (Å²) in [6.45, 7) is 5.74. The van der Waals surface area contributed by atoms with Crippen LogP contribution in [-0.2, 0) is 4.74 Å². The second-order valence-electron chi connectivity index (χ2n) is 5.30. The third kappa shape index (κ3) is 4.03. The normalized spacial score (nSPS) is 27.7. The van der Waals surface area contributed by atoms with Gasteiger partial charge in [0.05, 0.1) is 25.1 Å². The van der Waals surface area contributed by atoms with Crippen LogP contribution in [0.15, 0.2) is 22.6 Å². The van der Waals surface area contributed by atoms with Gasteiger partial charge in [-0.2, -0.15) is 0 Å². The highest BCUT2D eigenvalue weighted by atomic mass is 35.5. The molecular formula is C13H23ClN4O. The van der Waals surface area contributed by atoms with Crippen LogP contribution in [-0.4, -0.2) is 43.3 Å². The molecule has 6 heteroatoms. The topological polar surface area (TPSA) is 76.5 Å². The van der Waals surface area contributed by atoms with E-state index in [4.69, 9.17) is 27.8 Å². The average Bonchev–Trinajstić information content (AvgIpc) is 2.26. The summed E-state index contributed by atoms with van der Waals surface area (Å²) < 4.78 is 5.25. The van der Waals surface area contributed by atoms with Crippen molar-refractivity contribution in [1.29, 1.82) is 0 Å². The Hall–Kier alpha value is -0.910. The van der Waals surface area contributed by atoms with Crippen molar-refractivity contribution in [3.63, 3.8) is 0 Å². The lowest BCUT2D eigenvalue weighted by atomic mass is 10.0. The summed E-state index contributed by atoms with van der Waals surface area (Å²) in [6.07, 6.45) is 4.11. The maximum Gasteiger partial charge on any atom is 0.102 e. The Bertz CT molecular complexity index is 375. The van der Waals surface area contributed by atoms with E-state index in [1.54, 1.807) is 6.08 Å². The molecule has 0 saturated carbocycles. The van der Waals surface area contributed by atoms with Crippen molar-refractivity contribution < 1.29 is 4.74 Å². The van der Waals surface area contributed by atoms with E-state index in [1.807, 2.05) is 6.92 Å². The summed E-state index contributed by atoms with van der Waals surface area (Å²) in [4.78, 5) is 2.48. The molecule has 2 heterocycles. The van der Waals surface area contributed by atoms with E-state index >= 15 is 0 Å². The first-order chi connectivity index (χ1) is 9.06. The van der Waals surface area contributed by atoms with E-state index < -0.39 is 0 Å². The Morgan fingerprint density at radius 3 is 2.74 bits per heavy atom. The highest BCUT2D eigenvalue weighted by molar-refractivity contribution is 6.29. The number of likely N-dealkylation sites (tertiary alicyclic amines) is 1. The van der Waals surface area contributed by atoms with Gasteiger partial charge in [0.15, 0.2) is 0 Å². The van der Waals surface area contributed by atoms with Gasteiger partial charge in [-0.25, -0.2) is 0 Å². The van der Waals surface area contributed by atoms with Gasteiger partial charge in [0, 0.05) is 12.6 Å². The Labute approximate surface area is 119 Å². The highest BCUT2D eigenvalue weighted by Gasteiger charge is 2.30. The Morgan fingerprint density at radius 2 is 2.16 bits per heavy atom. The van der Waals surface area contributed by atoms with Gasteiger partial charge in [0.25, 0.3) is 0 Å². The van der Waals surface area contributed by atoms with Crippen molar-refractivity contribution in [3.8, 4) is 0 Å². The minimum absolute atomic E-state index is 0.279. The van der Waals surface area contributed by atoms with Crippen molar-refractivity contribution in [1.82, 2.24) is 10.2 Å². The molecule has 2 rings (SSSR count). The van der Waals surface area contributed by atoms with Gasteiger partial charge in [-0.05, 0) is 38.0 Å². The molecule has 108 valence electrons. The predicted octanol–water partition coefficient (Wildman–Crippen LogP) is 0.668. The molecule has 1 atom stereocenters. The first kappa shape index (κ1) is 14.5. The summed E-state index contributed by atoms with van der Waals surface area (Å²) in [5, 5.41) is 3.62. The van der Waals surface area contributed by atoms with E-state index in [1.165, 1.54) is 6.42 Å². The van der Waals surface area contributed by atoms with Crippen LogP contribution >= 0.6 is 11.6 Å². The average molecular weight is 287 g/mol. The van der Waals surface area contributed by atoms with Crippen molar-refractivity contribution in [2.24, 2.45) is 11.5 Å². The fourth-order valence-corrected chi connectivity index (χ4v) is 2.52. The Balaban J connectivity index is 1.86. The molecule has 0 aromatic rings. The minimum atomic E-state index is 0.279. The molecular weight excluding hydrogens is 264 g/mol. The molecule has 5 nitrogen and oxygen atoms in total. The molecule has 2 aliphatic heterocycles. The number of rotatable bonds is 4. The van der Waals surface area contributed by atoms with Gasteiger partial charge in [0.2, 0.25) is 0 Å². The lowest BCUT2D eigenvalue weighted by Gasteiger charge is -2.42. The number of nitrogens with two attached hydrogens (primary N) is 2.